The fourth-order valence-electron chi connectivity index (χ4n) is 6.27. The number of halogens is 1. The molecule has 7 rings (SSSR count). The van der Waals surface area contributed by atoms with Crippen LogP contribution >= 0.6 is 0 Å². The Balaban J connectivity index is 1.24. The summed E-state index contributed by atoms with van der Waals surface area (Å²) in [5.41, 5.74) is 2.37. The van der Waals surface area contributed by atoms with E-state index in [1.807, 2.05) is 24.3 Å². The number of hydrogen-bond acceptors (Lipinski definition) is 7. The van der Waals surface area contributed by atoms with Crippen LogP contribution in [0.3, 0.4) is 0 Å². The second kappa shape index (κ2) is 10.3. The van der Waals surface area contributed by atoms with Gasteiger partial charge in [-0.3, -0.25) is 9.18 Å². The van der Waals surface area contributed by atoms with Gasteiger partial charge in [0.2, 0.25) is 11.8 Å². The van der Waals surface area contributed by atoms with Crippen LogP contribution in [0.1, 0.15) is 81.1 Å². The molecule has 9 heteroatoms. The van der Waals surface area contributed by atoms with Crippen molar-refractivity contribution in [2.75, 3.05) is 25.2 Å². The molecule has 4 saturated carbocycles. The van der Waals surface area contributed by atoms with Crippen LogP contribution in [-0.4, -0.2) is 41.4 Å². The van der Waals surface area contributed by atoms with Gasteiger partial charge in [-0.25, -0.2) is 4.98 Å². The average Bonchev–Trinajstić information content (AvgIpc) is 3.49. The minimum Gasteiger partial charge on any atom is -0.444 e. The van der Waals surface area contributed by atoms with Crippen molar-refractivity contribution in [3.05, 3.63) is 60.1 Å². The number of carbonyl (C=O) groups is 1. The average molecular weight is 535 g/mol. The molecule has 0 aliphatic heterocycles. The summed E-state index contributed by atoms with van der Waals surface area (Å²) >= 11 is 0. The number of rotatable bonds is 11. The number of amides is 1. The number of nitrogens with zero attached hydrogens (tertiary/aromatic N) is 4. The van der Waals surface area contributed by atoms with Crippen LogP contribution < -0.4 is 4.90 Å². The predicted octanol–water partition coefficient (Wildman–Crippen LogP) is 6.29. The van der Waals surface area contributed by atoms with Crippen molar-refractivity contribution in [1.82, 2.24) is 15.1 Å². The van der Waals surface area contributed by atoms with E-state index in [-0.39, 0.29) is 28.7 Å². The Labute approximate surface area is 227 Å². The van der Waals surface area contributed by atoms with Crippen LogP contribution in [0.2, 0.25) is 0 Å². The fourth-order valence-corrected chi connectivity index (χ4v) is 6.27. The summed E-state index contributed by atoms with van der Waals surface area (Å²) in [7, 11) is 1.61. The Kier molecular flexibility index (Phi) is 6.87. The third-order valence-electron chi connectivity index (χ3n) is 8.93. The highest BCUT2D eigenvalue weighted by molar-refractivity contribution is 6.05. The highest BCUT2D eigenvalue weighted by atomic mass is 19.1. The van der Waals surface area contributed by atoms with E-state index in [2.05, 4.69) is 16.7 Å². The van der Waals surface area contributed by atoms with Crippen molar-refractivity contribution in [2.24, 2.45) is 5.41 Å². The van der Waals surface area contributed by atoms with E-state index >= 15 is 0 Å². The van der Waals surface area contributed by atoms with Crippen LogP contribution in [0.5, 0.6) is 0 Å². The van der Waals surface area contributed by atoms with Gasteiger partial charge in [0.05, 0.1) is 13.3 Å². The number of carbonyl (C=O) groups excluding carboxylic acids is 1. The molecule has 0 atom stereocenters. The van der Waals surface area contributed by atoms with Gasteiger partial charge in [0, 0.05) is 48.2 Å². The number of hydrogen-bond donors (Lipinski definition) is 0. The molecule has 0 radical (unpaired) electrons. The topological polar surface area (TPSA) is 94.5 Å². The Morgan fingerprint density at radius 3 is 2.64 bits per heavy atom. The Morgan fingerprint density at radius 1 is 1.18 bits per heavy atom. The van der Waals surface area contributed by atoms with Crippen LogP contribution in [0.25, 0.3) is 11.5 Å². The van der Waals surface area contributed by atoms with Crippen molar-refractivity contribution in [2.45, 2.75) is 75.7 Å². The van der Waals surface area contributed by atoms with E-state index in [4.69, 9.17) is 18.7 Å². The molecule has 8 nitrogen and oxygen atoms in total. The molecule has 206 valence electrons. The van der Waals surface area contributed by atoms with Crippen molar-refractivity contribution in [1.29, 1.82) is 0 Å². The normalized spacial score (nSPS) is 24.2. The summed E-state index contributed by atoms with van der Waals surface area (Å²) in [6.07, 6.45) is 9.68. The van der Waals surface area contributed by atoms with E-state index in [0.29, 0.717) is 30.7 Å². The zero-order valence-corrected chi connectivity index (χ0v) is 22.5. The van der Waals surface area contributed by atoms with Gasteiger partial charge in [-0.15, -0.1) is 0 Å². The first-order chi connectivity index (χ1) is 18.9. The molecule has 4 aliphatic rings. The summed E-state index contributed by atoms with van der Waals surface area (Å²) in [5, 5.41) is 4.28. The molecule has 3 aromatic rings. The maximum Gasteiger partial charge on any atom is 0.253 e. The number of ether oxygens (including phenoxy) is 1. The smallest absolute Gasteiger partial charge is 0.253 e. The molecule has 0 unspecified atom stereocenters. The first kappa shape index (κ1) is 25.9. The van der Waals surface area contributed by atoms with E-state index < -0.39 is 6.67 Å². The first-order valence-corrected chi connectivity index (χ1v) is 13.9. The minimum absolute atomic E-state index is 0.0196. The Hall–Kier alpha value is -3.33. The van der Waals surface area contributed by atoms with Crippen LogP contribution in [-0.2, 0) is 21.6 Å². The lowest BCUT2D eigenvalue weighted by molar-refractivity contribution is -0.116. The maximum atomic E-state index is 13.6. The standard InChI is InChI=1S/C30H35FN4O4/c1-20(8-15-31)27(36)35(24-5-3-4-22(16-24)26-32-23(17-37-2)18-38-26)19-29-9-12-30(13-10-29,14-11-29)28-33-25(34-39-28)21-6-7-21/h3-5,16,18,21H,1,6-15,17,19H2,2H3. The molecule has 39 heavy (non-hydrogen) atoms. The molecule has 1 aromatic carbocycles. The van der Waals surface area contributed by atoms with Crippen LogP contribution in [0.15, 0.2) is 51.6 Å². The SMILES string of the molecule is C=C(CCF)C(=O)N(CC12CCC(c3nc(C4CC4)no3)(CC1)CC2)c1cccc(-c2nc(COC)co2)c1. The van der Waals surface area contributed by atoms with E-state index in [1.54, 1.807) is 18.3 Å². The molecule has 1 amide bonds. The Bertz CT molecular complexity index is 1340. The summed E-state index contributed by atoms with van der Waals surface area (Å²) in [4.78, 5) is 24.7. The molecule has 0 spiro atoms. The number of anilines is 1. The van der Waals surface area contributed by atoms with Crippen molar-refractivity contribution in [3.63, 3.8) is 0 Å². The quantitative estimate of drug-likeness (QED) is 0.267. The zero-order chi connectivity index (χ0) is 27.0. The van der Waals surface area contributed by atoms with E-state index in [1.165, 1.54) is 0 Å². The maximum absolute atomic E-state index is 13.6. The minimum atomic E-state index is -0.613. The van der Waals surface area contributed by atoms with Crippen molar-refractivity contribution in [3.8, 4) is 11.5 Å². The van der Waals surface area contributed by atoms with Gasteiger partial charge in [0.25, 0.3) is 5.91 Å². The van der Waals surface area contributed by atoms with Crippen molar-refractivity contribution >= 4 is 11.6 Å². The fraction of sp³-hybridized carbons (Fsp3) is 0.533. The highest BCUT2D eigenvalue weighted by Gasteiger charge is 2.53. The summed E-state index contributed by atoms with van der Waals surface area (Å²) < 4.78 is 29.8. The van der Waals surface area contributed by atoms with E-state index in [9.17, 15) is 9.18 Å². The number of aromatic nitrogens is 3. The molecular weight excluding hydrogens is 499 g/mol. The molecule has 4 fully saturated rings. The second-order valence-electron chi connectivity index (χ2n) is 11.6. The Morgan fingerprint density at radius 2 is 1.95 bits per heavy atom. The monoisotopic (exact) mass is 534 g/mol. The molecule has 2 aromatic heterocycles. The number of methoxy groups -OCH3 is 1. The third-order valence-corrected chi connectivity index (χ3v) is 8.93. The number of fused-ring (bicyclic) bond motifs is 3. The van der Waals surface area contributed by atoms with Gasteiger partial charge in [0.15, 0.2) is 5.82 Å². The zero-order valence-electron chi connectivity index (χ0n) is 22.5. The lowest BCUT2D eigenvalue weighted by atomic mass is 9.53. The van der Waals surface area contributed by atoms with Gasteiger partial charge < -0.3 is 18.6 Å². The van der Waals surface area contributed by atoms with Crippen molar-refractivity contribution < 1.29 is 22.9 Å². The lowest BCUT2D eigenvalue weighted by Crippen LogP contribution is -2.51. The number of alkyl halides is 1. The molecule has 4 aliphatic carbocycles. The van der Waals surface area contributed by atoms with Gasteiger partial charge in [0.1, 0.15) is 12.0 Å². The molecule has 0 N–H and O–H groups in total. The van der Waals surface area contributed by atoms with Gasteiger partial charge in [-0.1, -0.05) is 17.8 Å². The lowest BCUT2D eigenvalue weighted by Gasteiger charge is -2.53. The molecular formula is C30H35FN4O4. The predicted molar refractivity (Wildman–Crippen MR) is 143 cm³/mol. The number of oxazole rings is 1. The second-order valence-corrected chi connectivity index (χ2v) is 11.6. The molecule has 0 saturated heterocycles. The summed E-state index contributed by atoms with van der Waals surface area (Å²) in [6.45, 7) is 4.21. The summed E-state index contributed by atoms with van der Waals surface area (Å²) in [5.74, 6) is 2.36. The molecule has 2 bridgehead atoms. The number of benzene rings is 1. The van der Waals surface area contributed by atoms with Gasteiger partial charge >= 0.3 is 0 Å². The highest BCUT2D eigenvalue weighted by Crippen LogP contribution is 2.58. The molecule has 2 heterocycles. The van der Waals surface area contributed by atoms with Crippen LogP contribution in [0, 0.1) is 5.41 Å². The summed E-state index contributed by atoms with van der Waals surface area (Å²) in [6, 6.07) is 7.61. The van der Waals surface area contributed by atoms with Gasteiger partial charge in [-0.05, 0) is 75.0 Å². The largest absolute Gasteiger partial charge is 0.444 e. The first-order valence-electron chi connectivity index (χ1n) is 13.9. The van der Waals surface area contributed by atoms with E-state index in [0.717, 1.165) is 74.3 Å². The third kappa shape index (κ3) is 5.04. The van der Waals surface area contributed by atoms with Gasteiger partial charge in [-0.2, -0.15) is 4.98 Å². The van der Waals surface area contributed by atoms with Crippen LogP contribution in [0.4, 0.5) is 10.1 Å².